The lowest BCUT2D eigenvalue weighted by atomic mass is 9.88. The Hall–Kier alpha value is -0.640. The van der Waals surface area contributed by atoms with E-state index in [1.54, 1.807) is 12.1 Å². The van der Waals surface area contributed by atoms with Crippen molar-refractivity contribution in [3.8, 4) is 0 Å². The molecular weight excluding hydrogens is 241 g/mol. The van der Waals surface area contributed by atoms with Gasteiger partial charge in [-0.3, -0.25) is 0 Å². The van der Waals surface area contributed by atoms with Gasteiger partial charge in [0.05, 0.1) is 0 Å². The van der Waals surface area contributed by atoms with E-state index in [9.17, 15) is 4.39 Å². The lowest BCUT2D eigenvalue weighted by molar-refractivity contribution is 0.0584. The Balaban J connectivity index is 1.99. The van der Waals surface area contributed by atoms with Gasteiger partial charge >= 0.3 is 0 Å². The molecule has 1 aromatic carbocycles. The molecule has 0 aromatic heterocycles. The van der Waals surface area contributed by atoms with Gasteiger partial charge in [-0.15, -0.1) is 0 Å². The number of nitrogens with two attached hydrogens (primary N) is 1. The Bertz CT molecular complexity index is 380. The van der Waals surface area contributed by atoms with Gasteiger partial charge in [0.25, 0.3) is 0 Å². The minimum Gasteiger partial charge on any atom is -0.381 e. The van der Waals surface area contributed by atoms with Gasteiger partial charge in [-0.05, 0) is 42.9 Å². The van der Waals surface area contributed by atoms with Crippen LogP contribution in [0.5, 0.6) is 0 Å². The zero-order chi connectivity index (χ0) is 12.3. The molecule has 94 valence electrons. The van der Waals surface area contributed by atoms with Gasteiger partial charge in [0.2, 0.25) is 0 Å². The van der Waals surface area contributed by atoms with Gasteiger partial charge in [0.15, 0.2) is 0 Å². The zero-order valence-corrected chi connectivity index (χ0v) is 10.4. The van der Waals surface area contributed by atoms with Gasteiger partial charge in [0.1, 0.15) is 5.82 Å². The van der Waals surface area contributed by atoms with Gasteiger partial charge < -0.3 is 10.5 Å². The van der Waals surface area contributed by atoms with Gasteiger partial charge in [-0.25, -0.2) is 4.39 Å². The summed E-state index contributed by atoms with van der Waals surface area (Å²) in [5.74, 6) is 0.166. The minimum absolute atomic E-state index is 0.00502. The van der Waals surface area contributed by atoms with E-state index in [1.807, 2.05) is 0 Å². The van der Waals surface area contributed by atoms with E-state index in [-0.39, 0.29) is 11.9 Å². The van der Waals surface area contributed by atoms with Crippen LogP contribution in [0.2, 0.25) is 5.02 Å². The second-order valence-corrected chi connectivity index (χ2v) is 4.99. The molecule has 17 heavy (non-hydrogen) atoms. The first kappa shape index (κ1) is 12.8. The molecular formula is C13H17ClFNO. The molecule has 0 aliphatic carbocycles. The van der Waals surface area contributed by atoms with E-state index in [1.165, 1.54) is 6.07 Å². The van der Waals surface area contributed by atoms with Crippen molar-refractivity contribution in [3.63, 3.8) is 0 Å². The molecule has 0 amide bonds. The van der Waals surface area contributed by atoms with Crippen molar-refractivity contribution >= 4 is 11.6 Å². The maximum absolute atomic E-state index is 13.6. The van der Waals surface area contributed by atoms with Crippen LogP contribution < -0.4 is 5.73 Å². The van der Waals surface area contributed by atoms with Crippen LogP contribution in [0.4, 0.5) is 4.39 Å². The van der Waals surface area contributed by atoms with Crippen molar-refractivity contribution in [2.24, 2.45) is 11.7 Å². The van der Waals surface area contributed by atoms with Crippen LogP contribution in [0, 0.1) is 11.7 Å². The average molecular weight is 258 g/mol. The molecule has 1 aromatic rings. The summed E-state index contributed by atoms with van der Waals surface area (Å²) >= 11 is 5.71. The number of halogens is 2. The third kappa shape index (κ3) is 3.41. The van der Waals surface area contributed by atoms with Gasteiger partial charge in [0, 0.05) is 24.3 Å². The molecule has 1 aliphatic heterocycles. The Morgan fingerprint density at radius 1 is 1.41 bits per heavy atom. The SMILES string of the molecule is NC(Cc1ccc(Cl)cc1F)C1CCOCC1. The molecule has 2 nitrogen and oxygen atoms in total. The molecule has 2 N–H and O–H groups in total. The quantitative estimate of drug-likeness (QED) is 0.904. The predicted octanol–water partition coefficient (Wildman–Crippen LogP) is 2.78. The normalized spacial score (nSPS) is 19.2. The first-order valence-corrected chi connectivity index (χ1v) is 6.32. The van der Waals surface area contributed by atoms with E-state index in [4.69, 9.17) is 22.1 Å². The summed E-state index contributed by atoms with van der Waals surface area (Å²) < 4.78 is 18.9. The van der Waals surface area contributed by atoms with Crippen LogP contribution in [0.25, 0.3) is 0 Å². The second-order valence-electron chi connectivity index (χ2n) is 4.55. The Labute approximate surface area is 106 Å². The largest absolute Gasteiger partial charge is 0.381 e. The minimum atomic E-state index is -0.264. The molecule has 0 bridgehead atoms. The summed E-state index contributed by atoms with van der Waals surface area (Å²) in [6, 6.07) is 4.76. The maximum atomic E-state index is 13.6. The Kier molecular flexibility index (Phi) is 4.37. The molecule has 0 radical (unpaired) electrons. The number of rotatable bonds is 3. The van der Waals surface area contributed by atoms with E-state index in [0.29, 0.717) is 22.9 Å². The summed E-state index contributed by atoms with van der Waals surface area (Å²) in [6.45, 7) is 1.53. The van der Waals surface area contributed by atoms with E-state index >= 15 is 0 Å². The fourth-order valence-corrected chi connectivity index (χ4v) is 2.41. The third-order valence-corrected chi connectivity index (χ3v) is 3.58. The van der Waals surface area contributed by atoms with Crippen LogP contribution in [0.1, 0.15) is 18.4 Å². The van der Waals surface area contributed by atoms with Crippen LogP contribution in [-0.2, 0) is 11.2 Å². The van der Waals surface area contributed by atoms with Crippen molar-refractivity contribution in [2.75, 3.05) is 13.2 Å². The molecule has 2 rings (SSSR count). The highest BCUT2D eigenvalue weighted by Crippen LogP contribution is 2.22. The first-order valence-electron chi connectivity index (χ1n) is 5.94. The second kappa shape index (κ2) is 5.80. The van der Waals surface area contributed by atoms with Crippen LogP contribution in [-0.4, -0.2) is 19.3 Å². The number of hydrogen-bond acceptors (Lipinski definition) is 2. The fourth-order valence-electron chi connectivity index (χ4n) is 2.25. The van der Waals surface area contributed by atoms with Crippen molar-refractivity contribution in [3.05, 3.63) is 34.6 Å². The monoisotopic (exact) mass is 257 g/mol. The fraction of sp³-hybridized carbons (Fsp3) is 0.538. The summed E-state index contributed by atoms with van der Waals surface area (Å²) in [6.07, 6.45) is 2.50. The highest BCUT2D eigenvalue weighted by Gasteiger charge is 2.21. The topological polar surface area (TPSA) is 35.2 Å². The van der Waals surface area contributed by atoms with Crippen molar-refractivity contribution in [2.45, 2.75) is 25.3 Å². The molecule has 0 saturated carbocycles. The van der Waals surface area contributed by atoms with E-state index in [0.717, 1.165) is 26.1 Å². The standard InChI is InChI=1S/C13H17ClFNO/c14-11-2-1-10(12(15)8-11)7-13(16)9-3-5-17-6-4-9/h1-2,8-9,13H,3-7,16H2. The average Bonchev–Trinajstić information content (AvgIpc) is 2.34. The lowest BCUT2D eigenvalue weighted by Crippen LogP contribution is -2.36. The molecule has 4 heteroatoms. The summed E-state index contributed by atoms with van der Waals surface area (Å²) in [5.41, 5.74) is 6.78. The summed E-state index contributed by atoms with van der Waals surface area (Å²) in [5, 5.41) is 0.422. The van der Waals surface area contributed by atoms with Gasteiger partial charge in [-0.2, -0.15) is 0 Å². The molecule has 1 atom stereocenters. The molecule has 0 spiro atoms. The van der Waals surface area contributed by atoms with Gasteiger partial charge in [-0.1, -0.05) is 17.7 Å². The first-order chi connectivity index (χ1) is 8.16. The number of benzene rings is 1. The maximum Gasteiger partial charge on any atom is 0.127 e. The predicted molar refractivity (Wildman–Crippen MR) is 66.6 cm³/mol. The molecule has 1 unspecified atom stereocenters. The van der Waals surface area contributed by atoms with E-state index < -0.39 is 0 Å². The van der Waals surface area contributed by atoms with Crippen LogP contribution >= 0.6 is 11.6 Å². The zero-order valence-electron chi connectivity index (χ0n) is 9.66. The highest BCUT2D eigenvalue weighted by atomic mass is 35.5. The summed E-state index contributed by atoms with van der Waals surface area (Å²) in [7, 11) is 0. The Morgan fingerprint density at radius 3 is 2.76 bits per heavy atom. The summed E-state index contributed by atoms with van der Waals surface area (Å²) in [4.78, 5) is 0. The van der Waals surface area contributed by atoms with Crippen molar-refractivity contribution in [1.82, 2.24) is 0 Å². The number of hydrogen-bond donors (Lipinski definition) is 1. The molecule has 1 heterocycles. The van der Waals surface area contributed by atoms with Crippen molar-refractivity contribution in [1.29, 1.82) is 0 Å². The van der Waals surface area contributed by atoms with Crippen molar-refractivity contribution < 1.29 is 9.13 Å². The molecule has 1 fully saturated rings. The van der Waals surface area contributed by atoms with E-state index in [2.05, 4.69) is 0 Å². The number of ether oxygens (including phenoxy) is 1. The Morgan fingerprint density at radius 2 is 2.12 bits per heavy atom. The molecule has 1 saturated heterocycles. The lowest BCUT2D eigenvalue weighted by Gasteiger charge is -2.27. The third-order valence-electron chi connectivity index (χ3n) is 3.34. The molecule has 1 aliphatic rings. The van der Waals surface area contributed by atoms with Crippen LogP contribution in [0.15, 0.2) is 18.2 Å². The smallest absolute Gasteiger partial charge is 0.127 e. The van der Waals surface area contributed by atoms with Crippen LogP contribution in [0.3, 0.4) is 0 Å². The highest BCUT2D eigenvalue weighted by molar-refractivity contribution is 6.30.